The van der Waals surface area contributed by atoms with E-state index in [-0.39, 0.29) is 18.3 Å². The van der Waals surface area contributed by atoms with Crippen LogP contribution in [0.2, 0.25) is 0 Å². The lowest BCUT2D eigenvalue weighted by Crippen LogP contribution is -2.48. The zero-order chi connectivity index (χ0) is 19.5. The summed E-state index contributed by atoms with van der Waals surface area (Å²) in [7, 11) is 0. The molecule has 1 amide bonds. The van der Waals surface area contributed by atoms with Crippen LogP contribution in [-0.4, -0.2) is 55.0 Å². The molecule has 2 aliphatic heterocycles. The van der Waals surface area contributed by atoms with E-state index < -0.39 is 0 Å². The molecule has 29 heavy (non-hydrogen) atoms. The first-order valence-electron chi connectivity index (χ1n) is 10.3. The summed E-state index contributed by atoms with van der Waals surface area (Å²) in [4.78, 5) is 17.3. The first-order valence-corrected chi connectivity index (χ1v) is 10.3. The average Bonchev–Trinajstić information content (AvgIpc) is 3.16. The number of hydrogen-bond acceptors (Lipinski definition) is 4. The second-order valence-electron chi connectivity index (χ2n) is 8.00. The molecule has 2 N–H and O–H groups in total. The monoisotopic (exact) mass is 414 g/mol. The fraction of sp³-hybridized carbons (Fsp3) is 0.435. The summed E-state index contributed by atoms with van der Waals surface area (Å²) in [5.41, 5.74) is 7.37. The van der Waals surface area contributed by atoms with Crippen molar-refractivity contribution in [1.29, 1.82) is 0 Å². The van der Waals surface area contributed by atoms with Gasteiger partial charge in [-0.3, -0.25) is 14.6 Å². The van der Waals surface area contributed by atoms with E-state index in [9.17, 15) is 4.79 Å². The van der Waals surface area contributed by atoms with E-state index in [1.54, 1.807) is 0 Å². The molecule has 0 bridgehead atoms. The van der Waals surface area contributed by atoms with Crippen molar-refractivity contribution >= 4 is 29.7 Å². The van der Waals surface area contributed by atoms with Crippen molar-refractivity contribution in [2.75, 3.05) is 49.9 Å². The van der Waals surface area contributed by atoms with Crippen LogP contribution in [0.4, 0.5) is 11.4 Å². The van der Waals surface area contributed by atoms with Crippen LogP contribution < -0.4 is 10.6 Å². The number of carbonyl (C=O) groups is 1. The van der Waals surface area contributed by atoms with Gasteiger partial charge in [-0.15, -0.1) is 12.4 Å². The third kappa shape index (κ3) is 5.10. The van der Waals surface area contributed by atoms with E-state index in [0.717, 1.165) is 62.5 Å². The third-order valence-electron chi connectivity index (χ3n) is 5.90. The van der Waals surface area contributed by atoms with Gasteiger partial charge in [-0.05, 0) is 42.5 Å². The molecule has 156 valence electrons. The molecule has 0 saturated carbocycles. The highest BCUT2D eigenvalue weighted by Crippen LogP contribution is 2.27. The van der Waals surface area contributed by atoms with Crippen LogP contribution in [0, 0.1) is 13.8 Å². The Hall–Kier alpha value is -2.08. The van der Waals surface area contributed by atoms with Crippen molar-refractivity contribution in [3.8, 4) is 0 Å². The summed E-state index contributed by atoms with van der Waals surface area (Å²) in [6.45, 7) is 10.4. The van der Waals surface area contributed by atoms with Gasteiger partial charge in [0.25, 0.3) is 0 Å². The zero-order valence-electron chi connectivity index (χ0n) is 17.3. The molecule has 0 atom stereocenters. The molecular weight excluding hydrogens is 384 g/mol. The van der Waals surface area contributed by atoms with Crippen molar-refractivity contribution in [3.05, 3.63) is 58.7 Å². The van der Waals surface area contributed by atoms with E-state index in [4.69, 9.17) is 0 Å². The van der Waals surface area contributed by atoms with Gasteiger partial charge >= 0.3 is 0 Å². The van der Waals surface area contributed by atoms with Gasteiger partial charge in [0.15, 0.2) is 0 Å². The van der Waals surface area contributed by atoms with Crippen LogP contribution in [0.5, 0.6) is 0 Å². The third-order valence-corrected chi connectivity index (χ3v) is 5.90. The van der Waals surface area contributed by atoms with Crippen LogP contribution in [-0.2, 0) is 17.8 Å². The summed E-state index contributed by atoms with van der Waals surface area (Å²) < 4.78 is 0. The summed E-state index contributed by atoms with van der Waals surface area (Å²) in [5, 5.41) is 6.64. The molecule has 0 unspecified atom stereocenters. The summed E-state index contributed by atoms with van der Waals surface area (Å²) in [6, 6.07) is 12.7. The molecular formula is C23H31ClN4O. The number of anilines is 2. The molecule has 5 nitrogen and oxygen atoms in total. The topological polar surface area (TPSA) is 47.6 Å². The van der Waals surface area contributed by atoms with Crippen molar-refractivity contribution in [2.45, 2.75) is 26.8 Å². The predicted octanol–water partition coefficient (Wildman–Crippen LogP) is 3.45. The number of fused-ring (bicyclic) bond motifs is 1. The fourth-order valence-corrected chi connectivity index (χ4v) is 4.28. The number of para-hydroxylation sites is 2. The van der Waals surface area contributed by atoms with Gasteiger partial charge in [0.2, 0.25) is 5.91 Å². The molecule has 2 aromatic carbocycles. The SMILES string of the molecule is Cc1cccc(C)c1NC(=O)CN1CCN(Cc2cccc3c2NCC3)CC1.Cl. The molecule has 0 aliphatic carbocycles. The van der Waals surface area contributed by atoms with Gasteiger partial charge in [0, 0.05) is 50.6 Å². The molecule has 0 radical (unpaired) electrons. The number of aryl methyl sites for hydroxylation is 2. The van der Waals surface area contributed by atoms with E-state index in [0.29, 0.717) is 6.54 Å². The lowest BCUT2D eigenvalue weighted by molar-refractivity contribution is -0.117. The number of amides is 1. The molecule has 1 saturated heterocycles. The highest BCUT2D eigenvalue weighted by Gasteiger charge is 2.21. The quantitative estimate of drug-likeness (QED) is 0.786. The van der Waals surface area contributed by atoms with E-state index in [1.807, 2.05) is 32.0 Å². The largest absolute Gasteiger partial charge is 0.384 e. The first kappa shape index (κ1) is 21.6. The van der Waals surface area contributed by atoms with E-state index in [1.165, 1.54) is 16.8 Å². The van der Waals surface area contributed by atoms with Crippen molar-refractivity contribution in [3.63, 3.8) is 0 Å². The number of nitrogens with zero attached hydrogens (tertiary/aromatic N) is 2. The Morgan fingerprint density at radius 1 is 1.00 bits per heavy atom. The standard InChI is InChI=1S/C23H30N4O.ClH/c1-17-5-3-6-18(2)22(17)25-21(28)16-27-13-11-26(12-14-27)15-20-8-4-7-19-9-10-24-23(19)20;/h3-8,24H,9-16H2,1-2H3,(H,25,28);1H. The van der Waals surface area contributed by atoms with E-state index in [2.05, 4.69) is 38.6 Å². The second kappa shape index (κ2) is 9.61. The number of benzene rings is 2. The lowest BCUT2D eigenvalue weighted by atomic mass is 10.1. The summed E-state index contributed by atoms with van der Waals surface area (Å²) in [6.07, 6.45) is 1.13. The van der Waals surface area contributed by atoms with Crippen LogP contribution in [0.1, 0.15) is 22.3 Å². The predicted molar refractivity (Wildman–Crippen MR) is 122 cm³/mol. The average molecular weight is 415 g/mol. The Bertz CT molecular complexity index is 842. The van der Waals surface area contributed by atoms with Gasteiger partial charge in [-0.1, -0.05) is 36.4 Å². The van der Waals surface area contributed by atoms with Gasteiger partial charge < -0.3 is 10.6 Å². The minimum absolute atomic E-state index is 0. The molecule has 2 heterocycles. The van der Waals surface area contributed by atoms with Crippen LogP contribution in [0.25, 0.3) is 0 Å². The molecule has 2 aromatic rings. The van der Waals surface area contributed by atoms with Crippen molar-refractivity contribution < 1.29 is 4.79 Å². The first-order chi connectivity index (χ1) is 13.6. The maximum atomic E-state index is 12.5. The Labute approximate surface area is 179 Å². The van der Waals surface area contributed by atoms with Gasteiger partial charge in [0.1, 0.15) is 0 Å². The maximum Gasteiger partial charge on any atom is 0.238 e. The molecule has 4 rings (SSSR count). The molecule has 6 heteroatoms. The number of halogens is 1. The highest BCUT2D eigenvalue weighted by atomic mass is 35.5. The van der Waals surface area contributed by atoms with E-state index >= 15 is 0 Å². The highest BCUT2D eigenvalue weighted by molar-refractivity contribution is 5.93. The Morgan fingerprint density at radius 2 is 1.66 bits per heavy atom. The number of carbonyl (C=O) groups excluding carboxylic acids is 1. The number of rotatable bonds is 5. The second-order valence-corrected chi connectivity index (χ2v) is 8.00. The van der Waals surface area contributed by atoms with Gasteiger partial charge in [-0.25, -0.2) is 0 Å². The lowest BCUT2D eigenvalue weighted by Gasteiger charge is -2.34. The van der Waals surface area contributed by atoms with Crippen LogP contribution >= 0.6 is 12.4 Å². The Balaban J connectivity index is 0.00000240. The Kier molecular flexibility index (Phi) is 7.17. The zero-order valence-corrected chi connectivity index (χ0v) is 18.1. The Morgan fingerprint density at radius 3 is 2.38 bits per heavy atom. The minimum atomic E-state index is 0. The normalized spacial score (nSPS) is 16.6. The number of hydrogen-bond donors (Lipinski definition) is 2. The number of nitrogens with one attached hydrogen (secondary N) is 2. The summed E-state index contributed by atoms with van der Waals surface area (Å²) in [5.74, 6) is 0.0796. The molecule has 2 aliphatic rings. The number of piperazine rings is 1. The molecule has 1 fully saturated rings. The minimum Gasteiger partial charge on any atom is -0.384 e. The smallest absolute Gasteiger partial charge is 0.238 e. The van der Waals surface area contributed by atoms with Gasteiger partial charge in [0.05, 0.1) is 6.54 Å². The molecule has 0 aromatic heterocycles. The van der Waals surface area contributed by atoms with Gasteiger partial charge in [-0.2, -0.15) is 0 Å². The summed E-state index contributed by atoms with van der Waals surface area (Å²) >= 11 is 0. The van der Waals surface area contributed by atoms with Crippen molar-refractivity contribution in [1.82, 2.24) is 9.80 Å². The maximum absolute atomic E-state index is 12.5. The molecule has 0 spiro atoms. The fourth-order valence-electron chi connectivity index (χ4n) is 4.28. The van der Waals surface area contributed by atoms with Crippen LogP contribution in [0.3, 0.4) is 0 Å². The van der Waals surface area contributed by atoms with Crippen molar-refractivity contribution in [2.24, 2.45) is 0 Å². The van der Waals surface area contributed by atoms with Crippen LogP contribution in [0.15, 0.2) is 36.4 Å².